The van der Waals surface area contributed by atoms with Gasteiger partial charge in [0.15, 0.2) is 0 Å². The van der Waals surface area contributed by atoms with Gasteiger partial charge in [0, 0.05) is 0 Å². The molecule has 0 fully saturated rings. The van der Waals surface area contributed by atoms with Gasteiger partial charge in [0.05, 0.1) is 0 Å². The summed E-state index contributed by atoms with van der Waals surface area (Å²) in [6, 6.07) is 0. The van der Waals surface area contributed by atoms with Crippen LogP contribution in [0.25, 0.3) is 0 Å². The van der Waals surface area contributed by atoms with Crippen molar-refractivity contribution in [3.05, 3.63) is 12.2 Å². The summed E-state index contributed by atoms with van der Waals surface area (Å²) in [6.07, 6.45) is 9.59. The van der Waals surface area contributed by atoms with Crippen molar-refractivity contribution in [1.82, 2.24) is 0 Å². The van der Waals surface area contributed by atoms with Gasteiger partial charge in [-0.3, -0.25) is 0 Å². The molecule has 0 nitrogen and oxygen atoms in total. The molecule has 0 aromatic carbocycles. The average molecular weight is 112 g/mol. The van der Waals surface area contributed by atoms with Crippen molar-refractivity contribution < 1.29 is 0 Å². The summed E-state index contributed by atoms with van der Waals surface area (Å²) in [7, 11) is 0. The molecule has 0 saturated carbocycles. The Morgan fingerprint density at radius 2 is 1.25 bits per heavy atom. The SMILES string of the molecule is CCCC=CCCC. The molecule has 0 saturated heterocycles. The monoisotopic (exact) mass is 112 g/mol. The van der Waals surface area contributed by atoms with Crippen molar-refractivity contribution in [3.8, 4) is 0 Å². The topological polar surface area (TPSA) is 0 Å². The Hall–Kier alpha value is -0.260. The fourth-order valence-corrected chi connectivity index (χ4v) is 0.569. The van der Waals surface area contributed by atoms with Crippen molar-refractivity contribution in [2.45, 2.75) is 39.5 Å². The summed E-state index contributed by atoms with van der Waals surface area (Å²) in [5, 5.41) is 0. The van der Waals surface area contributed by atoms with Crippen LogP contribution < -0.4 is 0 Å². The van der Waals surface area contributed by atoms with E-state index in [0.717, 1.165) is 0 Å². The van der Waals surface area contributed by atoms with E-state index in [1.54, 1.807) is 0 Å². The minimum absolute atomic E-state index is 1.25. The molecule has 0 bridgehead atoms. The lowest BCUT2D eigenvalue weighted by molar-refractivity contribution is 0.921. The number of unbranched alkanes of at least 4 members (excludes halogenated alkanes) is 2. The molecule has 8 heavy (non-hydrogen) atoms. The highest BCUT2D eigenvalue weighted by Gasteiger charge is 1.72. The number of hydrogen-bond acceptors (Lipinski definition) is 0. The zero-order valence-corrected chi connectivity index (χ0v) is 5.98. The van der Waals surface area contributed by atoms with Crippen LogP contribution in [0.1, 0.15) is 39.5 Å². The molecule has 0 atom stereocenters. The molecule has 0 rings (SSSR count). The van der Waals surface area contributed by atoms with Crippen LogP contribution in [0.15, 0.2) is 12.2 Å². The Labute approximate surface area is 52.6 Å². The Balaban J connectivity index is 2.83. The van der Waals surface area contributed by atoms with E-state index in [0.29, 0.717) is 0 Å². The fourth-order valence-electron chi connectivity index (χ4n) is 0.569. The van der Waals surface area contributed by atoms with E-state index in [1.165, 1.54) is 25.7 Å². The molecule has 0 aromatic heterocycles. The van der Waals surface area contributed by atoms with E-state index in [2.05, 4.69) is 26.0 Å². The van der Waals surface area contributed by atoms with Crippen LogP contribution >= 0.6 is 0 Å². The minimum atomic E-state index is 1.25. The van der Waals surface area contributed by atoms with Crippen molar-refractivity contribution in [2.24, 2.45) is 0 Å². The largest absolute Gasteiger partial charge is 0.0885 e. The molecule has 0 unspecified atom stereocenters. The third-order valence-electron chi connectivity index (χ3n) is 1.08. The van der Waals surface area contributed by atoms with Gasteiger partial charge in [0.2, 0.25) is 0 Å². The Bertz CT molecular complexity index is 45.1. The molecular formula is C8H16. The normalized spacial score (nSPS) is 10.8. The number of hydrogen-bond donors (Lipinski definition) is 0. The van der Waals surface area contributed by atoms with E-state index in [9.17, 15) is 0 Å². The Morgan fingerprint density at radius 1 is 0.875 bits per heavy atom. The van der Waals surface area contributed by atoms with Crippen molar-refractivity contribution in [3.63, 3.8) is 0 Å². The maximum atomic E-state index is 2.27. The van der Waals surface area contributed by atoms with Crippen LogP contribution in [0.4, 0.5) is 0 Å². The highest BCUT2D eigenvalue weighted by atomic mass is 13.8. The first kappa shape index (κ1) is 7.74. The standard InChI is InChI=1S/C8H16/c1-3-5-7-8-6-4-2/h7-8H,3-6H2,1-2H3. The van der Waals surface area contributed by atoms with Crippen LogP contribution in [0.3, 0.4) is 0 Å². The predicted octanol–water partition coefficient (Wildman–Crippen LogP) is 3.14. The maximum Gasteiger partial charge on any atom is -0.0353 e. The first-order valence-corrected chi connectivity index (χ1v) is 3.56. The van der Waals surface area contributed by atoms with Gasteiger partial charge in [-0.25, -0.2) is 0 Å². The number of rotatable bonds is 4. The van der Waals surface area contributed by atoms with Crippen LogP contribution in [0.5, 0.6) is 0 Å². The van der Waals surface area contributed by atoms with Gasteiger partial charge in [-0.2, -0.15) is 0 Å². The minimum Gasteiger partial charge on any atom is -0.0885 e. The third kappa shape index (κ3) is 5.74. The van der Waals surface area contributed by atoms with Crippen molar-refractivity contribution in [1.29, 1.82) is 0 Å². The van der Waals surface area contributed by atoms with Crippen molar-refractivity contribution in [2.75, 3.05) is 0 Å². The van der Waals surface area contributed by atoms with Crippen LogP contribution in [0, 0.1) is 0 Å². The van der Waals surface area contributed by atoms with Crippen LogP contribution in [-0.2, 0) is 0 Å². The molecule has 0 aromatic rings. The molecule has 0 spiro atoms. The molecule has 48 valence electrons. The lowest BCUT2D eigenvalue weighted by Crippen LogP contribution is -1.62. The van der Waals surface area contributed by atoms with Crippen molar-refractivity contribution >= 4 is 0 Å². The molecule has 0 aliphatic rings. The molecule has 0 radical (unpaired) electrons. The summed E-state index contributed by atoms with van der Waals surface area (Å²) in [4.78, 5) is 0. The lowest BCUT2D eigenvalue weighted by Gasteiger charge is -1.83. The van der Waals surface area contributed by atoms with Gasteiger partial charge in [-0.15, -0.1) is 0 Å². The van der Waals surface area contributed by atoms with E-state index < -0.39 is 0 Å². The fraction of sp³-hybridized carbons (Fsp3) is 0.750. The second kappa shape index (κ2) is 6.74. The van der Waals surface area contributed by atoms with Gasteiger partial charge < -0.3 is 0 Å². The van der Waals surface area contributed by atoms with E-state index in [1.807, 2.05) is 0 Å². The van der Waals surface area contributed by atoms with Crippen LogP contribution in [0.2, 0.25) is 0 Å². The zero-order chi connectivity index (χ0) is 6.24. The molecular weight excluding hydrogens is 96.1 g/mol. The van der Waals surface area contributed by atoms with E-state index >= 15 is 0 Å². The average Bonchev–Trinajstić information content (AvgIpc) is 1.81. The molecule has 0 N–H and O–H groups in total. The second-order valence-electron chi connectivity index (χ2n) is 2.05. The molecule has 0 heterocycles. The molecule has 0 aliphatic carbocycles. The summed E-state index contributed by atoms with van der Waals surface area (Å²) >= 11 is 0. The highest BCUT2D eigenvalue weighted by molar-refractivity contribution is 4.79. The lowest BCUT2D eigenvalue weighted by atomic mass is 10.2. The summed E-state index contributed by atoms with van der Waals surface area (Å²) in [6.45, 7) is 4.41. The zero-order valence-electron chi connectivity index (χ0n) is 5.98. The first-order valence-electron chi connectivity index (χ1n) is 3.56. The summed E-state index contributed by atoms with van der Waals surface area (Å²) < 4.78 is 0. The van der Waals surface area contributed by atoms with Gasteiger partial charge in [0.25, 0.3) is 0 Å². The third-order valence-corrected chi connectivity index (χ3v) is 1.08. The van der Waals surface area contributed by atoms with Gasteiger partial charge in [0.1, 0.15) is 0 Å². The highest BCUT2D eigenvalue weighted by Crippen LogP contribution is 1.92. The quantitative estimate of drug-likeness (QED) is 0.490. The first-order chi connectivity index (χ1) is 3.91. The van der Waals surface area contributed by atoms with Gasteiger partial charge in [-0.1, -0.05) is 38.8 Å². The number of allylic oxidation sites excluding steroid dienone is 2. The second-order valence-corrected chi connectivity index (χ2v) is 2.05. The summed E-state index contributed by atoms with van der Waals surface area (Å²) in [5.74, 6) is 0. The molecule has 0 amide bonds. The Morgan fingerprint density at radius 3 is 1.50 bits per heavy atom. The maximum absolute atomic E-state index is 2.27. The van der Waals surface area contributed by atoms with E-state index in [4.69, 9.17) is 0 Å². The molecule has 0 aliphatic heterocycles. The molecule has 0 heteroatoms. The van der Waals surface area contributed by atoms with Gasteiger partial charge >= 0.3 is 0 Å². The van der Waals surface area contributed by atoms with E-state index in [-0.39, 0.29) is 0 Å². The summed E-state index contributed by atoms with van der Waals surface area (Å²) in [5.41, 5.74) is 0. The predicted molar refractivity (Wildman–Crippen MR) is 39.0 cm³/mol. The van der Waals surface area contributed by atoms with Gasteiger partial charge in [-0.05, 0) is 12.8 Å². The Kier molecular flexibility index (Phi) is 6.52. The smallest absolute Gasteiger partial charge is 0.0353 e. The van der Waals surface area contributed by atoms with Crippen LogP contribution in [-0.4, -0.2) is 0 Å².